The summed E-state index contributed by atoms with van der Waals surface area (Å²) in [4.78, 5) is 8.78. The fourth-order valence-corrected chi connectivity index (χ4v) is 0. The Morgan fingerprint density at radius 3 is 1.57 bits per heavy atom. The Morgan fingerprint density at radius 1 is 1.57 bits per heavy atom. The zero-order chi connectivity index (χ0) is 5.58. The summed E-state index contributed by atoms with van der Waals surface area (Å²) in [6.45, 7) is 0. The predicted octanol–water partition coefficient (Wildman–Crippen LogP) is -0.347. The summed E-state index contributed by atoms with van der Waals surface area (Å²) in [6.07, 6.45) is -1.33. The van der Waals surface area contributed by atoms with Gasteiger partial charge in [-0.1, -0.05) is 0 Å². The van der Waals surface area contributed by atoms with Crippen LogP contribution in [0.3, 0.4) is 0 Å². The standard InChI is InChI=1S/CH3NO2.CH4O.ClH/c2-1(3)4;1-2;/h2H2,(H,3,4);2H,1H3;1H. The fourth-order valence-electron chi connectivity index (χ4n) is 0. The number of amides is 1. The van der Waals surface area contributed by atoms with E-state index in [0.29, 0.717) is 0 Å². The van der Waals surface area contributed by atoms with Gasteiger partial charge in [0.1, 0.15) is 0 Å². The van der Waals surface area contributed by atoms with Gasteiger partial charge < -0.3 is 15.9 Å². The molecule has 0 rings (SSSR count). The first kappa shape index (κ1) is 16.0. The number of carbonyl (C=O) groups is 1. The van der Waals surface area contributed by atoms with E-state index in [0.717, 1.165) is 7.11 Å². The van der Waals surface area contributed by atoms with Crippen LogP contribution in [0.4, 0.5) is 4.79 Å². The lowest BCUT2D eigenvalue weighted by Gasteiger charge is -1.61. The molecule has 7 heavy (non-hydrogen) atoms. The van der Waals surface area contributed by atoms with Crippen LogP contribution in [-0.4, -0.2) is 23.4 Å². The summed E-state index contributed by atoms with van der Waals surface area (Å²) >= 11 is 0. The van der Waals surface area contributed by atoms with Gasteiger partial charge in [0.05, 0.1) is 0 Å². The molecule has 0 aromatic rings. The van der Waals surface area contributed by atoms with Gasteiger partial charge in [-0.25, -0.2) is 4.79 Å². The van der Waals surface area contributed by atoms with Crippen LogP contribution in [0.2, 0.25) is 0 Å². The summed E-state index contributed by atoms with van der Waals surface area (Å²) < 4.78 is 0. The second-order valence-corrected chi connectivity index (χ2v) is 0.338. The molecule has 1 amide bonds. The minimum atomic E-state index is -1.33. The topological polar surface area (TPSA) is 83.5 Å². The maximum Gasteiger partial charge on any atom is 0.402 e. The molecule has 0 fully saturated rings. The van der Waals surface area contributed by atoms with Crippen LogP contribution in [0.25, 0.3) is 0 Å². The first-order valence-electron chi connectivity index (χ1n) is 1.16. The molecule has 0 aliphatic rings. The first-order chi connectivity index (χ1) is 2.73. The van der Waals surface area contributed by atoms with Crippen molar-refractivity contribution >= 4 is 18.5 Å². The van der Waals surface area contributed by atoms with Gasteiger partial charge in [-0.05, 0) is 0 Å². The molecule has 0 heterocycles. The van der Waals surface area contributed by atoms with E-state index < -0.39 is 6.09 Å². The van der Waals surface area contributed by atoms with Crippen LogP contribution in [0.15, 0.2) is 0 Å². The van der Waals surface area contributed by atoms with Crippen LogP contribution in [0.5, 0.6) is 0 Å². The number of hydrogen-bond donors (Lipinski definition) is 3. The van der Waals surface area contributed by atoms with Gasteiger partial charge in [0, 0.05) is 7.11 Å². The number of halogens is 1. The molecule has 46 valence electrons. The van der Waals surface area contributed by atoms with Gasteiger partial charge in [-0.2, -0.15) is 0 Å². The molecule has 0 aliphatic heterocycles. The normalized spacial score (nSPS) is 4.29. The molecule has 0 bridgehead atoms. The molecule has 0 atom stereocenters. The molecule has 4 N–H and O–H groups in total. The molecule has 0 saturated heterocycles. The summed E-state index contributed by atoms with van der Waals surface area (Å²) in [5.74, 6) is 0. The molecule has 5 heteroatoms. The number of aliphatic hydroxyl groups excluding tert-OH is 1. The molecule has 0 aromatic carbocycles. The number of rotatable bonds is 0. The summed E-state index contributed by atoms with van der Waals surface area (Å²) in [7, 11) is 1.00. The smallest absolute Gasteiger partial charge is 0.402 e. The van der Waals surface area contributed by atoms with Crippen LogP contribution in [0, 0.1) is 0 Å². The molecule has 0 aromatic heterocycles. The Morgan fingerprint density at radius 2 is 1.57 bits per heavy atom. The molecule has 0 saturated carbocycles. The molecule has 0 radical (unpaired) electrons. The van der Waals surface area contributed by atoms with E-state index in [2.05, 4.69) is 5.73 Å². The number of hydrogen-bond acceptors (Lipinski definition) is 2. The Bertz CT molecular complexity index is 35.9. The largest absolute Gasteiger partial charge is 0.465 e. The Hall–Kier alpha value is -0.480. The third-order valence-corrected chi connectivity index (χ3v) is 0. The van der Waals surface area contributed by atoms with Crippen LogP contribution < -0.4 is 5.73 Å². The van der Waals surface area contributed by atoms with Crippen molar-refractivity contribution in [1.82, 2.24) is 0 Å². The summed E-state index contributed by atoms with van der Waals surface area (Å²) in [6, 6.07) is 0. The highest BCUT2D eigenvalue weighted by Crippen LogP contribution is 1.34. The predicted molar refractivity (Wildman–Crippen MR) is 27.6 cm³/mol. The molecular weight excluding hydrogens is 121 g/mol. The van der Waals surface area contributed by atoms with E-state index in [9.17, 15) is 0 Å². The van der Waals surface area contributed by atoms with Crippen LogP contribution in [-0.2, 0) is 0 Å². The van der Waals surface area contributed by atoms with Crippen molar-refractivity contribution in [3.05, 3.63) is 0 Å². The van der Waals surface area contributed by atoms with Gasteiger partial charge in [0.2, 0.25) is 0 Å². The van der Waals surface area contributed by atoms with Crippen LogP contribution >= 0.6 is 12.4 Å². The van der Waals surface area contributed by atoms with E-state index in [1.54, 1.807) is 0 Å². The lowest BCUT2D eigenvalue weighted by molar-refractivity contribution is 0.205. The fraction of sp³-hybridized carbons (Fsp3) is 0.500. The summed E-state index contributed by atoms with van der Waals surface area (Å²) in [5, 5.41) is 14.2. The average Bonchev–Trinajstić information content (AvgIpc) is 1.41. The maximum atomic E-state index is 8.78. The zero-order valence-electron chi connectivity index (χ0n) is 3.79. The highest BCUT2D eigenvalue weighted by atomic mass is 35.5. The highest BCUT2D eigenvalue weighted by Gasteiger charge is 1.65. The van der Waals surface area contributed by atoms with Crippen molar-refractivity contribution in [3.8, 4) is 0 Å². The van der Waals surface area contributed by atoms with Crippen molar-refractivity contribution in [2.45, 2.75) is 0 Å². The van der Waals surface area contributed by atoms with E-state index in [1.165, 1.54) is 0 Å². The number of primary amides is 1. The quantitative estimate of drug-likeness (QED) is 0.418. The molecular formula is C2H8ClNO3. The van der Waals surface area contributed by atoms with Gasteiger partial charge in [-0.15, -0.1) is 12.4 Å². The van der Waals surface area contributed by atoms with Crippen molar-refractivity contribution in [3.63, 3.8) is 0 Å². The lowest BCUT2D eigenvalue weighted by Crippen LogP contribution is -2.03. The maximum absolute atomic E-state index is 8.78. The number of nitrogens with two attached hydrogens (primary N) is 1. The van der Waals surface area contributed by atoms with Gasteiger partial charge in [-0.3, -0.25) is 0 Å². The molecule has 0 spiro atoms. The van der Waals surface area contributed by atoms with Crippen molar-refractivity contribution in [2.75, 3.05) is 7.11 Å². The van der Waals surface area contributed by atoms with Crippen molar-refractivity contribution in [1.29, 1.82) is 0 Å². The molecule has 4 nitrogen and oxygen atoms in total. The first-order valence-corrected chi connectivity index (χ1v) is 1.16. The van der Waals surface area contributed by atoms with E-state index in [1.807, 2.05) is 0 Å². The number of carboxylic acid groups (broad SMARTS) is 1. The second kappa shape index (κ2) is 17.8. The number of aliphatic hydroxyl groups is 1. The minimum absolute atomic E-state index is 0. The lowest BCUT2D eigenvalue weighted by atomic mass is 11.3. The van der Waals surface area contributed by atoms with E-state index >= 15 is 0 Å². The zero-order valence-corrected chi connectivity index (χ0v) is 4.60. The van der Waals surface area contributed by atoms with Gasteiger partial charge in [0.25, 0.3) is 0 Å². The third kappa shape index (κ3) is 297. The van der Waals surface area contributed by atoms with Gasteiger partial charge >= 0.3 is 6.09 Å². The Kier molecular flexibility index (Phi) is 40.7. The third-order valence-electron chi connectivity index (χ3n) is 0. The van der Waals surface area contributed by atoms with Crippen molar-refractivity contribution in [2.24, 2.45) is 5.73 Å². The highest BCUT2D eigenvalue weighted by molar-refractivity contribution is 5.85. The Balaban J connectivity index is -0.0000000480. The average molecular weight is 130 g/mol. The second-order valence-electron chi connectivity index (χ2n) is 0.338. The minimum Gasteiger partial charge on any atom is -0.465 e. The monoisotopic (exact) mass is 129 g/mol. The van der Waals surface area contributed by atoms with Crippen molar-refractivity contribution < 1.29 is 15.0 Å². The molecule has 0 unspecified atom stereocenters. The van der Waals surface area contributed by atoms with Crippen LogP contribution in [0.1, 0.15) is 0 Å². The van der Waals surface area contributed by atoms with E-state index in [-0.39, 0.29) is 12.4 Å². The SMILES string of the molecule is CO.Cl.NC(=O)O. The molecule has 0 aliphatic carbocycles. The summed E-state index contributed by atoms with van der Waals surface area (Å²) in [5.41, 5.74) is 4.03. The Labute approximate surface area is 47.4 Å². The van der Waals surface area contributed by atoms with E-state index in [4.69, 9.17) is 15.0 Å². The van der Waals surface area contributed by atoms with Gasteiger partial charge in [0.15, 0.2) is 0 Å².